The summed E-state index contributed by atoms with van der Waals surface area (Å²) in [5.41, 5.74) is 10.4. The van der Waals surface area contributed by atoms with Gasteiger partial charge in [0, 0.05) is 24.7 Å². The van der Waals surface area contributed by atoms with Crippen LogP contribution in [0.2, 0.25) is 0 Å². The Balaban J connectivity index is 1.22. The van der Waals surface area contributed by atoms with Gasteiger partial charge in [-0.1, -0.05) is 98.3 Å². The molecule has 0 aromatic heterocycles. The van der Waals surface area contributed by atoms with Gasteiger partial charge in [-0.05, 0) is 90.7 Å². The normalized spacial score (nSPS) is 14.9. The van der Waals surface area contributed by atoms with E-state index < -0.39 is 0 Å². The molecule has 3 aromatic rings. The van der Waals surface area contributed by atoms with Crippen LogP contribution in [0.3, 0.4) is 0 Å². The first-order valence-corrected chi connectivity index (χ1v) is 13.9. The Morgan fingerprint density at radius 1 is 0.919 bits per heavy atom. The highest BCUT2D eigenvalue weighted by Gasteiger charge is 2.17. The van der Waals surface area contributed by atoms with Crippen LogP contribution in [0, 0.1) is 5.92 Å². The lowest BCUT2D eigenvalue weighted by atomic mass is 9.85. The Labute approximate surface area is 224 Å². The van der Waals surface area contributed by atoms with Gasteiger partial charge in [0.2, 0.25) is 0 Å². The summed E-state index contributed by atoms with van der Waals surface area (Å²) >= 11 is 0. The van der Waals surface area contributed by atoms with E-state index in [1.807, 2.05) is 0 Å². The van der Waals surface area contributed by atoms with Crippen LogP contribution in [-0.2, 0) is 19.4 Å². The second kappa shape index (κ2) is 13.8. The van der Waals surface area contributed by atoms with Crippen molar-refractivity contribution in [2.24, 2.45) is 5.92 Å². The fourth-order valence-corrected chi connectivity index (χ4v) is 5.01. The zero-order chi connectivity index (χ0) is 25.9. The molecule has 0 heterocycles. The van der Waals surface area contributed by atoms with E-state index in [4.69, 9.17) is 0 Å². The molecule has 0 radical (unpaired) electrons. The molecule has 0 bridgehead atoms. The Morgan fingerprint density at radius 3 is 2.54 bits per heavy atom. The van der Waals surface area contributed by atoms with Gasteiger partial charge in [-0.3, -0.25) is 0 Å². The second-order valence-corrected chi connectivity index (χ2v) is 10.3. The summed E-state index contributed by atoms with van der Waals surface area (Å²) in [6.07, 6.45) is 12.4. The number of rotatable bonds is 13. The molecular formula is C35H42N2. The van der Waals surface area contributed by atoms with E-state index in [1.54, 1.807) is 0 Å². The van der Waals surface area contributed by atoms with E-state index in [0.717, 1.165) is 50.9 Å². The topological polar surface area (TPSA) is 24.1 Å². The van der Waals surface area contributed by atoms with Crippen molar-refractivity contribution in [3.8, 4) is 0 Å². The fraction of sp³-hybridized carbons (Fsp3) is 0.314. The molecule has 1 aliphatic carbocycles. The standard InChI is InChI=1S/C35H42N2/c1-4-10-28-18-20-30(21-19-28)25-37-34-16-7-11-29(23-34)12-9-22-36-26-33-13-5-6-17-35(33)32-15-8-14-31(24-32)27(2)3/h5-8,11,14-21,23-24,33,36-37H,2,4,9-10,12-13,22,25-26H2,1,3H3. The number of nitrogens with one attached hydrogen (secondary N) is 2. The Hall–Kier alpha value is -3.36. The molecular weight excluding hydrogens is 448 g/mol. The minimum Gasteiger partial charge on any atom is -0.381 e. The quantitative estimate of drug-likeness (QED) is 0.235. The zero-order valence-corrected chi connectivity index (χ0v) is 22.6. The van der Waals surface area contributed by atoms with E-state index in [-0.39, 0.29) is 0 Å². The average Bonchev–Trinajstić information content (AvgIpc) is 2.93. The number of benzene rings is 3. The Morgan fingerprint density at radius 2 is 1.73 bits per heavy atom. The van der Waals surface area contributed by atoms with Crippen molar-refractivity contribution in [1.29, 1.82) is 0 Å². The molecule has 37 heavy (non-hydrogen) atoms. The van der Waals surface area contributed by atoms with Gasteiger partial charge in [0.15, 0.2) is 0 Å². The maximum Gasteiger partial charge on any atom is 0.0400 e. The number of allylic oxidation sites excluding steroid dienone is 4. The highest BCUT2D eigenvalue weighted by atomic mass is 14.9. The minimum atomic E-state index is 0.508. The lowest BCUT2D eigenvalue weighted by molar-refractivity contribution is 0.560. The monoisotopic (exact) mass is 490 g/mol. The van der Waals surface area contributed by atoms with E-state index in [9.17, 15) is 0 Å². The molecule has 1 atom stereocenters. The largest absolute Gasteiger partial charge is 0.381 e. The third-order valence-electron chi connectivity index (χ3n) is 7.16. The molecule has 1 aliphatic rings. The van der Waals surface area contributed by atoms with Crippen molar-refractivity contribution in [3.63, 3.8) is 0 Å². The molecule has 0 saturated heterocycles. The maximum absolute atomic E-state index is 4.11. The van der Waals surface area contributed by atoms with Gasteiger partial charge >= 0.3 is 0 Å². The average molecular weight is 491 g/mol. The van der Waals surface area contributed by atoms with Crippen molar-refractivity contribution in [1.82, 2.24) is 5.32 Å². The number of hydrogen-bond acceptors (Lipinski definition) is 2. The van der Waals surface area contributed by atoms with Crippen LogP contribution in [0.5, 0.6) is 0 Å². The number of hydrogen-bond donors (Lipinski definition) is 2. The Bertz CT molecular complexity index is 1220. The molecule has 2 heteroatoms. The molecule has 2 N–H and O–H groups in total. The van der Waals surface area contributed by atoms with Gasteiger partial charge < -0.3 is 10.6 Å². The predicted octanol–water partition coefficient (Wildman–Crippen LogP) is 8.47. The van der Waals surface area contributed by atoms with E-state index in [1.165, 1.54) is 45.5 Å². The van der Waals surface area contributed by atoms with E-state index >= 15 is 0 Å². The molecule has 2 nitrogen and oxygen atoms in total. The van der Waals surface area contributed by atoms with Crippen molar-refractivity contribution in [2.45, 2.75) is 52.5 Å². The summed E-state index contributed by atoms with van der Waals surface area (Å²) in [5.74, 6) is 0.508. The molecule has 0 saturated carbocycles. The van der Waals surface area contributed by atoms with E-state index in [0.29, 0.717) is 5.92 Å². The lowest BCUT2D eigenvalue weighted by Crippen LogP contribution is -2.25. The van der Waals surface area contributed by atoms with Crippen molar-refractivity contribution in [2.75, 3.05) is 18.4 Å². The lowest BCUT2D eigenvalue weighted by Gasteiger charge is -2.23. The molecule has 0 fully saturated rings. The van der Waals surface area contributed by atoms with Crippen LogP contribution in [0.25, 0.3) is 11.1 Å². The smallest absolute Gasteiger partial charge is 0.0400 e. The first-order chi connectivity index (χ1) is 18.1. The van der Waals surface area contributed by atoms with Crippen molar-refractivity contribution >= 4 is 16.8 Å². The van der Waals surface area contributed by atoms with Crippen LogP contribution in [0.4, 0.5) is 5.69 Å². The van der Waals surface area contributed by atoms with E-state index in [2.05, 4.69) is 122 Å². The summed E-state index contributed by atoms with van der Waals surface area (Å²) in [7, 11) is 0. The molecule has 0 spiro atoms. The summed E-state index contributed by atoms with van der Waals surface area (Å²) in [5, 5.41) is 7.32. The van der Waals surface area contributed by atoms with Crippen LogP contribution in [0.1, 0.15) is 60.9 Å². The van der Waals surface area contributed by atoms with Gasteiger partial charge in [0.05, 0.1) is 0 Å². The summed E-state index contributed by atoms with van der Waals surface area (Å²) in [6, 6.07) is 26.7. The summed E-state index contributed by atoms with van der Waals surface area (Å²) < 4.78 is 0. The first kappa shape index (κ1) is 26.7. The summed E-state index contributed by atoms with van der Waals surface area (Å²) in [4.78, 5) is 0. The predicted molar refractivity (Wildman–Crippen MR) is 162 cm³/mol. The first-order valence-electron chi connectivity index (χ1n) is 13.9. The van der Waals surface area contributed by atoms with Gasteiger partial charge in [-0.2, -0.15) is 0 Å². The third-order valence-corrected chi connectivity index (χ3v) is 7.16. The number of aryl methyl sites for hydroxylation is 2. The minimum absolute atomic E-state index is 0.508. The van der Waals surface area contributed by atoms with Gasteiger partial charge in [-0.25, -0.2) is 0 Å². The van der Waals surface area contributed by atoms with Gasteiger partial charge in [-0.15, -0.1) is 0 Å². The fourth-order valence-electron chi connectivity index (χ4n) is 5.01. The van der Waals surface area contributed by atoms with Crippen LogP contribution < -0.4 is 10.6 Å². The Kier molecular flexibility index (Phi) is 9.97. The van der Waals surface area contributed by atoms with Crippen molar-refractivity contribution < 1.29 is 0 Å². The van der Waals surface area contributed by atoms with Crippen molar-refractivity contribution in [3.05, 3.63) is 125 Å². The molecule has 0 amide bonds. The second-order valence-electron chi connectivity index (χ2n) is 10.3. The molecule has 0 aliphatic heterocycles. The zero-order valence-electron chi connectivity index (χ0n) is 22.6. The molecule has 1 unspecified atom stereocenters. The van der Waals surface area contributed by atoms with Crippen LogP contribution in [0.15, 0.2) is 97.6 Å². The van der Waals surface area contributed by atoms with Crippen LogP contribution >= 0.6 is 0 Å². The third kappa shape index (κ3) is 8.06. The SMILES string of the molecule is C=C(C)c1cccc(C2=CC=CCC2CNCCCc2cccc(NCc3ccc(CCC)cc3)c2)c1. The van der Waals surface area contributed by atoms with Gasteiger partial charge in [0.25, 0.3) is 0 Å². The molecule has 192 valence electrons. The van der Waals surface area contributed by atoms with Crippen LogP contribution in [-0.4, -0.2) is 13.1 Å². The molecule has 4 rings (SSSR count). The summed E-state index contributed by atoms with van der Waals surface area (Å²) in [6.45, 7) is 11.3. The maximum atomic E-state index is 4.11. The molecule has 3 aromatic carbocycles. The highest BCUT2D eigenvalue weighted by Crippen LogP contribution is 2.30. The number of anilines is 1. The highest BCUT2D eigenvalue weighted by molar-refractivity contribution is 5.74. The van der Waals surface area contributed by atoms with Gasteiger partial charge in [0.1, 0.15) is 0 Å².